The molecule has 0 atom stereocenters. The van der Waals surface area contributed by atoms with Crippen molar-refractivity contribution in [3.8, 4) is 5.75 Å². The van der Waals surface area contributed by atoms with Gasteiger partial charge in [0.25, 0.3) is 0 Å². The average Bonchev–Trinajstić information content (AvgIpc) is 2.54. The first kappa shape index (κ1) is 16.0. The summed E-state index contributed by atoms with van der Waals surface area (Å²) in [5, 5.41) is 6.34. The van der Waals surface area contributed by atoms with Crippen LogP contribution < -0.4 is 15.5 Å². The van der Waals surface area contributed by atoms with Crippen molar-refractivity contribution in [3.05, 3.63) is 70.1 Å². The molecule has 23 heavy (non-hydrogen) atoms. The van der Waals surface area contributed by atoms with Crippen LogP contribution >= 0.6 is 21.8 Å². The topological polar surface area (TPSA) is 65.5 Å². The van der Waals surface area contributed by atoms with Crippen molar-refractivity contribution in [3.63, 3.8) is 0 Å². The van der Waals surface area contributed by atoms with Crippen molar-refractivity contribution in [2.24, 2.45) is 5.14 Å². The summed E-state index contributed by atoms with van der Waals surface area (Å²) in [6.45, 7) is 2.33. The van der Waals surface area contributed by atoms with Crippen LogP contribution in [0.2, 0.25) is 0 Å². The molecule has 0 aliphatic rings. The predicted octanol–water partition coefficient (Wildman–Crippen LogP) is 4.29. The third-order valence-corrected chi connectivity index (χ3v) is 4.82. The fourth-order valence-corrected chi connectivity index (χ4v) is 3.28. The Morgan fingerprint density at radius 1 is 1.13 bits per heavy atom. The summed E-state index contributed by atoms with van der Waals surface area (Å²) in [6.07, 6.45) is 0. The third kappa shape index (κ3) is 3.90. The molecule has 3 aromatic rings. The monoisotopic (exact) mass is 345 g/mol. The van der Waals surface area contributed by atoms with Crippen LogP contribution in [0.25, 0.3) is 11.0 Å². The third-order valence-electron chi connectivity index (χ3n) is 3.40. The molecule has 4 nitrogen and oxygen atoms in total. The summed E-state index contributed by atoms with van der Waals surface area (Å²) in [7, 11) is 2.74. The molecule has 2 aromatic carbocycles. The van der Waals surface area contributed by atoms with Crippen molar-refractivity contribution in [2.45, 2.75) is 18.4 Å². The lowest BCUT2D eigenvalue weighted by Crippen LogP contribution is -1.99. The zero-order valence-corrected chi connectivity index (χ0v) is 14.1. The smallest absolute Gasteiger partial charge is 0.336 e. The van der Waals surface area contributed by atoms with Crippen molar-refractivity contribution in [1.82, 2.24) is 0 Å². The molecular weight excluding hydrogens is 330 g/mol. The Morgan fingerprint density at radius 3 is 2.65 bits per heavy atom. The van der Waals surface area contributed by atoms with Crippen molar-refractivity contribution >= 4 is 32.7 Å². The summed E-state index contributed by atoms with van der Waals surface area (Å²) in [5.41, 5.74) is 2.15. The van der Waals surface area contributed by atoms with Crippen LogP contribution in [0.15, 0.2) is 62.6 Å². The molecule has 6 heteroatoms. The summed E-state index contributed by atoms with van der Waals surface area (Å²) < 4.78 is 11.0. The molecule has 0 spiro atoms. The molecule has 0 unspecified atom stereocenters. The lowest BCUT2D eigenvalue weighted by molar-refractivity contribution is 0.306. The summed E-state index contributed by atoms with van der Waals surface area (Å²) >= 11 is 0. The van der Waals surface area contributed by atoms with Crippen LogP contribution in [0, 0.1) is 6.92 Å². The molecule has 1 heterocycles. The van der Waals surface area contributed by atoms with Gasteiger partial charge >= 0.3 is 5.63 Å². The second kappa shape index (κ2) is 7.12. The Bertz CT molecular complexity index is 875. The Hall–Kier alpha value is -1.89. The van der Waals surface area contributed by atoms with E-state index in [1.165, 1.54) is 27.8 Å². The highest BCUT2D eigenvalue weighted by Crippen LogP contribution is 2.27. The maximum atomic E-state index is 11.5. The second-order valence-corrected chi connectivity index (χ2v) is 6.93. The largest absolute Gasteiger partial charge is 0.489 e. The molecule has 0 saturated carbocycles. The summed E-state index contributed by atoms with van der Waals surface area (Å²) in [6, 6.07) is 15.0. The van der Waals surface area contributed by atoms with Gasteiger partial charge in [0.15, 0.2) is 0 Å². The van der Waals surface area contributed by atoms with E-state index in [2.05, 4.69) is 0 Å². The van der Waals surface area contributed by atoms with Crippen LogP contribution in [0.1, 0.15) is 11.1 Å². The highest BCUT2D eigenvalue weighted by atomic mass is 33.1. The zero-order valence-electron chi connectivity index (χ0n) is 12.4. The van der Waals surface area contributed by atoms with E-state index in [1.807, 2.05) is 43.3 Å². The zero-order chi connectivity index (χ0) is 16.2. The highest BCUT2D eigenvalue weighted by molar-refractivity contribution is 8.75. The number of benzene rings is 2. The van der Waals surface area contributed by atoms with E-state index in [-0.39, 0.29) is 5.63 Å². The van der Waals surface area contributed by atoms with E-state index >= 15 is 0 Å². The van der Waals surface area contributed by atoms with Crippen molar-refractivity contribution in [1.29, 1.82) is 0 Å². The van der Waals surface area contributed by atoms with E-state index in [1.54, 1.807) is 6.07 Å². The number of fused-ring (bicyclic) bond motifs is 1. The number of nitrogens with two attached hydrogens (primary N) is 1. The molecule has 1 aromatic heterocycles. The normalized spacial score (nSPS) is 10.9. The van der Waals surface area contributed by atoms with E-state index in [0.717, 1.165) is 21.4 Å². The minimum absolute atomic E-state index is 0.349. The SMILES string of the molecule is Cc1cc(=O)oc2cc(OCc3ccc(SSN)cc3)ccc12. The van der Waals surface area contributed by atoms with E-state index in [0.29, 0.717) is 17.9 Å². The fraction of sp³-hybridized carbons (Fsp3) is 0.118. The van der Waals surface area contributed by atoms with Gasteiger partial charge < -0.3 is 9.15 Å². The Kier molecular flexibility index (Phi) is 4.95. The minimum Gasteiger partial charge on any atom is -0.489 e. The fourth-order valence-electron chi connectivity index (χ4n) is 2.26. The van der Waals surface area contributed by atoms with E-state index < -0.39 is 0 Å². The van der Waals surface area contributed by atoms with Gasteiger partial charge in [-0.15, -0.1) is 0 Å². The molecule has 0 aliphatic carbocycles. The first-order valence-electron chi connectivity index (χ1n) is 6.95. The Balaban J connectivity index is 1.75. The number of hydrogen-bond acceptors (Lipinski definition) is 6. The van der Waals surface area contributed by atoms with E-state index in [9.17, 15) is 4.79 Å². The first-order valence-corrected chi connectivity index (χ1v) is 9.16. The van der Waals surface area contributed by atoms with Gasteiger partial charge in [0.1, 0.15) is 17.9 Å². The quantitative estimate of drug-likeness (QED) is 0.423. The number of ether oxygens (including phenoxy) is 1. The van der Waals surface area contributed by atoms with Crippen molar-refractivity contribution < 1.29 is 9.15 Å². The molecule has 0 radical (unpaired) electrons. The molecule has 0 amide bonds. The maximum Gasteiger partial charge on any atom is 0.336 e. The molecule has 118 valence electrons. The standard InChI is InChI=1S/C17H15NO3S2/c1-11-8-17(19)21-16-9-13(4-7-15(11)16)20-10-12-2-5-14(6-3-12)22-23-18/h2-9H,10,18H2,1H3. The van der Waals surface area contributed by atoms with Gasteiger partial charge in [-0.3, -0.25) is 5.14 Å². The summed E-state index contributed by atoms with van der Waals surface area (Å²) in [5.74, 6) is 0.669. The van der Waals surface area contributed by atoms with Crippen molar-refractivity contribution in [2.75, 3.05) is 0 Å². The molecule has 0 aliphatic heterocycles. The Morgan fingerprint density at radius 2 is 1.91 bits per heavy atom. The first-order chi connectivity index (χ1) is 11.2. The van der Waals surface area contributed by atoms with E-state index in [4.69, 9.17) is 14.3 Å². The molecule has 3 rings (SSSR count). The molecule has 0 bridgehead atoms. The van der Waals surface area contributed by atoms with Crippen LogP contribution in [0.3, 0.4) is 0 Å². The van der Waals surface area contributed by atoms with Gasteiger partial charge in [0.2, 0.25) is 0 Å². The summed E-state index contributed by atoms with van der Waals surface area (Å²) in [4.78, 5) is 12.6. The highest BCUT2D eigenvalue weighted by Gasteiger charge is 2.04. The van der Waals surface area contributed by atoms with Crippen LogP contribution in [-0.2, 0) is 6.61 Å². The molecule has 2 N–H and O–H groups in total. The van der Waals surface area contributed by atoms with Crippen LogP contribution in [0.5, 0.6) is 5.75 Å². The van der Waals surface area contributed by atoms with Crippen LogP contribution in [0.4, 0.5) is 0 Å². The minimum atomic E-state index is -0.349. The van der Waals surface area contributed by atoms with Gasteiger partial charge in [-0.25, -0.2) is 4.79 Å². The maximum absolute atomic E-state index is 11.5. The number of aryl methyl sites for hydroxylation is 1. The predicted molar refractivity (Wildman–Crippen MR) is 95.6 cm³/mol. The van der Waals surface area contributed by atoms with Gasteiger partial charge in [-0.05, 0) is 64.1 Å². The second-order valence-electron chi connectivity index (χ2n) is 5.02. The molecule has 0 saturated heterocycles. The molecule has 0 fully saturated rings. The lowest BCUT2D eigenvalue weighted by atomic mass is 10.1. The average molecular weight is 345 g/mol. The van der Waals surface area contributed by atoms with Gasteiger partial charge in [0.05, 0.1) is 0 Å². The van der Waals surface area contributed by atoms with Gasteiger partial charge in [-0.2, -0.15) is 0 Å². The lowest BCUT2D eigenvalue weighted by Gasteiger charge is -2.08. The number of hydrogen-bond donors (Lipinski definition) is 1. The van der Waals surface area contributed by atoms with Gasteiger partial charge in [-0.1, -0.05) is 12.1 Å². The Labute approximate surface area is 141 Å². The number of rotatable bonds is 5. The van der Waals surface area contributed by atoms with Gasteiger partial charge in [0, 0.05) is 22.4 Å². The van der Waals surface area contributed by atoms with Crippen LogP contribution in [-0.4, -0.2) is 0 Å². The molecular formula is C17H15NO3S2.